The minimum Gasteiger partial charge on any atom is -0.349 e. The maximum atomic E-state index is 12.2. The second-order valence-electron chi connectivity index (χ2n) is 5.60. The quantitative estimate of drug-likeness (QED) is 0.877. The number of carbonyl (C=O) groups excluding carboxylic acids is 1. The average Bonchev–Trinajstić information content (AvgIpc) is 3.05. The maximum absolute atomic E-state index is 12.2. The smallest absolute Gasteiger partial charge is 0.263 e. The van der Waals surface area contributed by atoms with Crippen LogP contribution in [0.4, 0.5) is 0 Å². The minimum atomic E-state index is 0.0294. The molecule has 5 heteroatoms. The van der Waals surface area contributed by atoms with Gasteiger partial charge in [-0.3, -0.25) is 4.79 Å². The third-order valence-corrected chi connectivity index (χ3v) is 5.09. The molecule has 0 radical (unpaired) electrons. The fraction of sp³-hybridized carbons (Fsp3) is 0.733. The van der Waals surface area contributed by atoms with E-state index in [0.29, 0.717) is 0 Å². The summed E-state index contributed by atoms with van der Waals surface area (Å²) < 4.78 is 0. The Kier molecular flexibility index (Phi) is 5.54. The van der Waals surface area contributed by atoms with Crippen molar-refractivity contribution in [3.8, 4) is 0 Å². The molecule has 1 atom stereocenters. The van der Waals surface area contributed by atoms with E-state index in [1.54, 1.807) is 11.3 Å². The van der Waals surface area contributed by atoms with E-state index in [1.165, 1.54) is 25.9 Å². The summed E-state index contributed by atoms with van der Waals surface area (Å²) in [5, 5.41) is 4.11. The SMILES string of the molecule is CCC(C)NC(=O)c1sc(CCN2CCCC2)nc1C. The summed E-state index contributed by atoms with van der Waals surface area (Å²) in [7, 11) is 0. The molecule has 1 aromatic rings. The van der Waals surface area contributed by atoms with E-state index in [9.17, 15) is 4.79 Å². The van der Waals surface area contributed by atoms with Crippen LogP contribution in [0.1, 0.15) is 53.5 Å². The Balaban J connectivity index is 1.92. The predicted molar refractivity (Wildman–Crippen MR) is 83.4 cm³/mol. The van der Waals surface area contributed by atoms with Crippen molar-refractivity contribution in [2.24, 2.45) is 0 Å². The Bertz CT molecular complexity index is 452. The lowest BCUT2D eigenvalue weighted by atomic mass is 10.2. The molecule has 1 unspecified atom stereocenters. The number of aromatic nitrogens is 1. The zero-order valence-corrected chi connectivity index (χ0v) is 13.6. The molecule has 1 aliphatic rings. The molecule has 2 heterocycles. The van der Waals surface area contributed by atoms with Gasteiger partial charge in [0.25, 0.3) is 5.91 Å². The van der Waals surface area contributed by atoms with Gasteiger partial charge in [0.15, 0.2) is 0 Å². The third kappa shape index (κ3) is 4.03. The van der Waals surface area contributed by atoms with Gasteiger partial charge in [-0.05, 0) is 46.2 Å². The number of hydrogen-bond donors (Lipinski definition) is 1. The lowest BCUT2D eigenvalue weighted by Crippen LogP contribution is -2.31. The summed E-state index contributed by atoms with van der Waals surface area (Å²) in [4.78, 5) is 20.0. The molecule has 1 fully saturated rings. The summed E-state index contributed by atoms with van der Waals surface area (Å²) in [5.74, 6) is 0.0294. The first-order valence-corrected chi connectivity index (χ1v) is 8.41. The molecule has 0 saturated carbocycles. The summed E-state index contributed by atoms with van der Waals surface area (Å²) in [6.45, 7) is 9.53. The van der Waals surface area contributed by atoms with Crippen molar-refractivity contribution >= 4 is 17.2 Å². The molecule has 0 aromatic carbocycles. The van der Waals surface area contributed by atoms with Gasteiger partial charge in [-0.15, -0.1) is 11.3 Å². The first-order valence-electron chi connectivity index (χ1n) is 7.59. The van der Waals surface area contributed by atoms with E-state index in [2.05, 4.69) is 22.1 Å². The number of amides is 1. The van der Waals surface area contributed by atoms with Crippen LogP contribution >= 0.6 is 11.3 Å². The second-order valence-corrected chi connectivity index (χ2v) is 6.69. The first-order chi connectivity index (χ1) is 9.60. The first kappa shape index (κ1) is 15.4. The second kappa shape index (κ2) is 7.18. The molecular formula is C15H25N3OS. The molecule has 1 N–H and O–H groups in total. The fourth-order valence-electron chi connectivity index (χ4n) is 2.42. The molecule has 1 aromatic heterocycles. The van der Waals surface area contributed by atoms with Gasteiger partial charge in [-0.25, -0.2) is 4.98 Å². The molecule has 112 valence electrons. The predicted octanol–water partition coefficient (Wildman–Crippen LogP) is 2.62. The van der Waals surface area contributed by atoms with Gasteiger partial charge in [-0.1, -0.05) is 6.92 Å². The molecule has 0 aliphatic carbocycles. The van der Waals surface area contributed by atoms with Crippen LogP contribution < -0.4 is 5.32 Å². The summed E-state index contributed by atoms with van der Waals surface area (Å²) in [6.07, 6.45) is 4.55. The van der Waals surface area contributed by atoms with Crippen LogP contribution in [0.2, 0.25) is 0 Å². The van der Waals surface area contributed by atoms with Gasteiger partial charge in [0.05, 0.1) is 10.7 Å². The van der Waals surface area contributed by atoms with Crippen LogP contribution in [-0.4, -0.2) is 41.5 Å². The molecule has 2 rings (SSSR count). The normalized spacial score (nSPS) is 17.4. The number of nitrogens with one attached hydrogen (secondary N) is 1. The van der Waals surface area contributed by atoms with Crippen LogP contribution in [0, 0.1) is 6.92 Å². The number of thiazole rings is 1. The van der Waals surface area contributed by atoms with E-state index in [0.717, 1.165) is 35.0 Å². The van der Waals surface area contributed by atoms with E-state index in [-0.39, 0.29) is 11.9 Å². The Hall–Kier alpha value is -0.940. The highest BCUT2D eigenvalue weighted by Gasteiger charge is 2.17. The van der Waals surface area contributed by atoms with Gasteiger partial charge in [-0.2, -0.15) is 0 Å². The molecular weight excluding hydrogens is 270 g/mol. The molecule has 1 saturated heterocycles. The van der Waals surface area contributed by atoms with Crippen molar-refractivity contribution in [3.63, 3.8) is 0 Å². The van der Waals surface area contributed by atoms with Crippen LogP contribution in [0.25, 0.3) is 0 Å². The van der Waals surface area contributed by atoms with Crippen molar-refractivity contribution < 1.29 is 4.79 Å². The summed E-state index contributed by atoms with van der Waals surface area (Å²) in [5.41, 5.74) is 0.868. The monoisotopic (exact) mass is 295 g/mol. The van der Waals surface area contributed by atoms with Crippen molar-refractivity contribution in [1.82, 2.24) is 15.2 Å². The van der Waals surface area contributed by atoms with Crippen LogP contribution in [0.15, 0.2) is 0 Å². The van der Waals surface area contributed by atoms with E-state index >= 15 is 0 Å². The highest BCUT2D eigenvalue weighted by atomic mass is 32.1. The zero-order chi connectivity index (χ0) is 14.5. The van der Waals surface area contributed by atoms with Crippen LogP contribution in [0.5, 0.6) is 0 Å². The molecule has 0 spiro atoms. The zero-order valence-electron chi connectivity index (χ0n) is 12.7. The Morgan fingerprint density at radius 2 is 2.15 bits per heavy atom. The molecule has 1 amide bonds. The topological polar surface area (TPSA) is 45.2 Å². The largest absolute Gasteiger partial charge is 0.349 e. The van der Waals surface area contributed by atoms with Crippen molar-refractivity contribution in [1.29, 1.82) is 0 Å². The number of likely N-dealkylation sites (tertiary alicyclic amines) is 1. The lowest BCUT2D eigenvalue weighted by molar-refractivity contribution is 0.0942. The standard InChI is InChI=1S/C15H25N3OS/c1-4-11(2)16-15(19)14-12(3)17-13(20-14)7-10-18-8-5-6-9-18/h11H,4-10H2,1-3H3,(H,16,19). The average molecular weight is 295 g/mol. The highest BCUT2D eigenvalue weighted by Crippen LogP contribution is 2.19. The van der Waals surface area contributed by atoms with Gasteiger partial charge in [0, 0.05) is 19.0 Å². The Labute approximate surface area is 125 Å². The number of nitrogens with zero attached hydrogens (tertiary/aromatic N) is 2. The van der Waals surface area contributed by atoms with E-state index in [4.69, 9.17) is 0 Å². The maximum Gasteiger partial charge on any atom is 0.263 e. The Morgan fingerprint density at radius 1 is 1.45 bits per heavy atom. The van der Waals surface area contributed by atoms with Gasteiger partial charge in [0.2, 0.25) is 0 Å². The third-order valence-electron chi connectivity index (χ3n) is 3.88. The van der Waals surface area contributed by atoms with Gasteiger partial charge >= 0.3 is 0 Å². The molecule has 4 nitrogen and oxygen atoms in total. The van der Waals surface area contributed by atoms with Crippen molar-refractivity contribution in [2.75, 3.05) is 19.6 Å². The van der Waals surface area contributed by atoms with Crippen molar-refractivity contribution in [3.05, 3.63) is 15.6 Å². The van der Waals surface area contributed by atoms with Gasteiger partial charge < -0.3 is 10.2 Å². The Morgan fingerprint density at radius 3 is 2.80 bits per heavy atom. The number of carbonyl (C=O) groups is 1. The van der Waals surface area contributed by atoms with Crippen LogP contribution in [-0.2, 0) is 6.42 Å². The molecule has 0 bridgehead atoms. The molecule has 1 aliphatic heterocycles. The molecule has 20 heavy (non-hydrogen) atoms. The number of hydrogen-bond acceptors (Lipinski definition) is 4. The lowest BCUT2D eigenvalue weighted by Gasteiger charge is -2.12. The summed E-state index contributed by atoms with van der Waals surface area (Å²) in [6, 6.07) is 0.219. The number of aryl methyl sites for hydroxylation is 1. The summed E-state index contributed by atoms with van der Waals surface area (Å²) >= 11 is 1.55. The van der Waals surface area contributed by atoms with E-state index < -0.39 is 0 Å². The highest BCUT2D eigenvalue weighted by molar-refractivity contribution is 7.13. The van der Waals surface area contributed by atoms with Crippen molar-refractivity contribution in [2.45, 2.75) is 52.5 Å². The minimum absolute atomic E-state index is 0.0294. The number of rotatable bonds is 6. The van der Waals surface area contributed by atoms with Gasteiger partial charge in [0.1, 0.15) is 4.88 Å². The van der Waals surface area contributed by atoms with E-state index in [1.807, 2.05) is 13.8 Å². The fourth-order valence-corrected chi connectivity index (χ4v) is 3.38. The van der Waals surface area contributed by atoms with Crippen LogP contribution in [0.3, 0.4) is 0 Å².